The van der Waals surface area contributed by atoms with E-state index in [2.05, 4.69) is 10.3 Å². The Kier molecular flexibility index (Phi) is 5.15. The fraction of sp³-hybridized carbons (Fsp3) is 0.385. The van der Waals surface area contributed by atoms with Gasteiger partial charge in [-0.2, -0.15) is 0 Å². The summed E-state index contributed by atoms with van der Waals surface area (Å²) in [5.74, 6) is 0.955. The molecule has 4 nitrogen and oxygen atoms in total. The van der Waals surface area contributed by atoms with Crippen LogP contribution in [0.25, 0.3) is 0 Å². The van der Waals surface area contributed by atoms with Gasteiger partial charge in [0.05, 0.1) is 12.3 Å². The van der Waals surface area contributed by atoms with Crippen LogP contribution in [0, 0.1) is 5.82 Å². The van der Waals surface area contributed by atoms with Gasteiger partial charge in [0.15, 0.2) is 0 Å². The van der Waals surface area contributed by atoms with Gasteiger partial charge >= 0.3 is 0 Å². The second kappa shape index (κ2) is 7.09. The molecule has 0 N–H and O–H groups in total. The smallest absolute Gasteiger partial charge is 0.123 e. The molecule has 0 amide bonds. The van der Waals surface area contributed by atoms with Crippen molar-refractivity contribution >= 4 is 11.6 Å². The minimum atomic E-state index is -0.262. The van der Waals surface area contributed by atoms with Crippen molar-refractivity contribution in [3.05, 3.63) is 42.0 Å². The van der Waals surface area contributed by atoms with Crippen LogP contribution in [0.4, 0.5) is 4.39 Å². The maximum Gasteiger partial charge on any atom is 0.123 e. The predicted octanol–water partition coefficient (Wildman–Crippen LogP) is 2.67. The number of benzene rings is 1. The Morgan fingerprint density at radius 2 is 2.05 bits per heavy atom. The number of hydrogen-bond donors (Lipinski definition) is 0. The molecule has 0 aliphatic rings. The molecular weight excluding hydrogens is 269 g/mol. The first kappa shape index (κ1) is 13.8. The first-order valence-corrected chi connectivity index (χ1v) is 6.65. The van der Waals surface area contributed by atoms with Crippen LogP contribution in [0.15, 0.2) is 30.5 Å². The molecule has 1 aromatic heterocycles. The van der Waals surface area contributed by atoms with E-state index in [-0.39, 0.29) is 5.82 Å². The van der Waals surface area contributed by atoms with Crippen molar-refractivity contribution in [3.8, 4) is 5.75 Å². The number of nitrogens with zero attached hydrogens (tertiary/aromatic N) is 3. The first-order valence-electron chi connectivity index (χ1n) is 6.11. The summed E-state index contributed by atoms with van der Waals surface area (Å²) in [5.41, 5.74) is 0.898. The quantitative estimate of drug-likeness (QED) is 0.579. The molecule has 0 bridgehead atoms. The van der Waals surface area contributed by atoms with E-state index >= 15 is 0 Å². The third-order valence-corrected chi connectivity index (χ3v) is 2.74. The summed E-state index contributed by atoms with van der Waals surface area (Å²) in [6, 6.07) is 5.99. The topological polar surface area (TPSA) is 39.9 Å². The van der Waals surface area contributed by atoms with E-state index in [0.717, 1.165) is 25.1 Å². The van der Waals surface area contributed by atoms with Crippen molar-refractivity contribution in [1.29, 1.82) is 0 Å². The average molecular weight is 284 g/mol. The Hall–Kier alpha value is -1.62. The third-order valence-electron chi connectivity index (χ3n) is 2.55. The molecule has 0 aliphatic carbocycles. The van der Waals surface area contributed by atoms with Gasteiger partial charge in [0, 0.05) is 31.5 Å². The lowest BCUT2D eigenvalue weighted by Gasteiger charge is -2.05. The zero-order valence-corrected chi connectivity index (χ0v) is 11.2. The van der Waals surface area contributed by atoms with Gasteiger partial charge in [-0.1, -0.05) is 5.21 Å². The molecule has 0 aliphatic heterocycles. The Balaban J connectivity index is 1.69. The third kappa shape index (κ3) is 4.52. The Morgan fingerprint density at radius 3 is 2.79 bits per heavy atom. The lowest BCUT2D eigenvalue weighted by atomic mass is 10.3. The molecule has 2 aromatic rings. The number of aromatic nitrogens is 3. The molecule has 0 saturated carbocycles. The van der Waals surface area contributed by atoms with Crippen LogP contribution < -0.4 is 4.74 Å². The molecule has 0 spiro atoms. The van der Waals surface area contributed by atoms with Crippen LogP contribution in [0.3, 0.4) is 0 Å². The highest BCUT2D eigenvalue weighted by Crippen LogP contribution is 2.11. The van der Waals surface area contributed by atoms with Crippen LogP contribution in [0.1, 0.15) is 12.1 Å². The van der Waals surface area contributed by atoms with Crippen molar-refractivity contribution in [3.63, 3.8) is 0 Å². The summed E-state index contributed by atoms with van der Waals surface area (Å²) < 4.78 is 19.9. The second-order valence-electron chi connectivity index (χ2n) is 4.07. The van der Waals surface area contributed by atoms with Gasteiger partial charge in [-0.25, -0.2) is 4.39 Å². The fourth-order valence-electron chi connectivity index (χ4n) is 1.61. The van der Waals surface area contributed by atoms with Crippen LogP contribution in [0.2, 0.25) is 0 Å². The highest BCUT2D eigenvalue weighted by Gasteiger charge is 2.00. The average Bonchev–Trinajstić information content (AvgIpc) is 2.85. The van der Waals surface area contributed by atoms with Gasteiger partial charge < -0.3 is 4.74 Å². The van der Waals surface area contributed by atoms with Gasteiger partial charge in [0.2, 0.25) is 0 Å². The standard InChI is InChI=1S/C13H15ClFN3O/c14-7-6-12-10-18(17-16-12)8-1-9-19-13-4-2-11(15)3-5-13/h2-5,10H,1,6-9H2. The zero-order valence-electron chi connectivity index (χ0n) is 10.4. The molecule has 0 unspecified atom stereocenters. The predicted molar refractivity (Wildman–Crippen MR) is 71.0 cm³/mol. The second-order valence-corrected chi connectivity index (χ2v) is 4.45. The van der Waals surface area contributed by atoms with E-state index in [1.54, 1.807) is 16.8 Å². The number of hydrogen-bond acceptors (Lipinski definition) is 3. The minimum absolute atomic E-state index is 0.262. The fourth-order valence-corrected chi connectivity index (χ4v) is 1.80. The molecule has 0 saturated heterocycles. The number of halogens is 2. The lowest BCUT2D eigenvalue weighted by Crippen LogP contribution is -2.05. The van der Waals surface area contributed by atoms with Crippen LogP contribution in [-0.2, 0) is 13.0 Å². The highest BCUT2D eigenvalue weighted by molar-refractivity contribution is 6.17. The molecule has 2 rings (SSSR count). The van der Waals surface area contributed by atoms with Crippen LogP contribution >= 0.6 is 11.6 Å². The van der Waals surface area contributed by atoms with Crippen molar-refractivity contribution in [2.75, 3.05) is 12.5 Å². The SMILES string of the molecule is Fc1ccc(OCCCn2cc(CCCl)nn2)cc1. The van der Waals surface area contributed by atoms with Gasteiger partial charge in [-0.3, -0.25) is 4.68 Å². The van der Waals surface area contributed by atoms with Crippen LogP contribution in [-0.4, -0.2) is 27.5 Å². The van der Waals surface area contributed by atoms with Crippen molar-refractivity contribution in [2.24, 2.45) is 0 Å². The van der Waals surface area contributed by atoms with Gasteiger partial charge in [0.1, 0.15) is 11.6 Å². The number of aryl methyl sites for hydroxylation is 2. The Morgan fingerprint density at radius 1 is 1.26 bits per heavy atom. The van der Waals surface area contributed by atoms with E-state index < -0.39 is 0 Å². The molecule has 1 heterocycles. The summed E-state index contributed by atoms with van der Waals surface area (Å²) in [4.78, 5) is 0. The number of ether oxygens (including phenoxy) is 1. The Bertz CT molecular complexity index is 501. The van der Waals surface area contributed by atoms with Gasteiger partial charge in [-0.15, -0.1) is 16.7 Å². The minimum Gasteiger partial charge on any atom is -0.494 e. The highest BCUT2D eigenvalue weighted by atomic mass is 35.5. The van der Waals surface area contributed by atoms with Crippen molar-refractivity contribution in [1.82, 2.24) is 15.0 Å². The van der Waals surface area contributed by atoms with Crippen LogP contribution in [0.5, 0.6) is 5.75 Å². The summed E-state index contributed by atoms with van der Waals surface area (Å²) in [6.07, 6.45) is 3.43. The number of alkyl halides is 1. The van der Waals surface area contributed by atoms with E-state index in [1.165, 1.54) is 12.1 Å². The molecule has 0 atom stereocenters. The molecular formula is C13H15ClFN3O. The van der Waals surface area contributed by atoms with Crippen molar-refractivity contribution in [2.45, 2.75) is 19.4 Å². The van der Waals surface area contributed by atoms with Crippen molar-refractivity contribution < 1.29 is 9.13 Å². The van der Waals surface area contributed by atoms with Gasteiger partial charge in [-0.05, 0) is 24.3 Å². The molecule has 102 valence electrons. The lowest BCUT2D eigenvalue weighted by molar-refractivity contribution is 0.297. The molecule has 0 fully saturated rings. The normalized spacial score (nSPS) is 10.6. The molecule has 1 aromatic carbocycles. The maximum atomic E-state index is 12.7. The number of rotatable bonds is 7. The molecule has 6 heteroatoms. The molecule has 0 radical (unpaired) electrons. The first-order chi connectivity index (χ1) is 9.28. The van der Waals surface area contributed by atoms with E-state index in [9.17, 15) is 4.39 Å². The van der Waals surface area contributed by atoms with E-state index in [4.69, 9.17) is 16.3 Å². The van der Waals surface area contributed by atoms with Gasteiger partial charge in [0.25, 0.3) is 0 Å². The summed E-state index contributed by atoms with van der Waals surface area (Å²) in [7, 11) is 0. The molecule has 19 heavy (non-hydrogen) atoms. The van der Waals surface area contributed by atoms with E-state index in [0.29, 0.717) is 18.2 Å². The monoisotopic (exact) mass is 283 g/mol. The largest absolute Gasteiger partial charge is 0.494 e. The Labute approximate surface area is 116 Å². The summed E-state index contributed by atoms with van der Waals surface area (Å²) >= 11 is 5.63. The summed E-state index contributed by atoms with van der Waals surface area (Å²) in [5, 5.41) is 7.99. The van der Waals surface area contributed by atoms with E-state index in [1.807, 2.05) is 6.20 Å². The zero-order chi connectivity index (χ0) is 13.5. The maximum absolute atomic E-state index is 12.7. The summed E-state index contributed by atoms with van der Waals surface area (Å²) in [6.45, 7) is 1.28.